The second-order valence-electron chi connectivity index (χ2n) is 2.80. The number of hydrogen-bond donors (Lipinski definition) is 2. The van der Waals surface area contributed by atoms with Crippen LogP contribution in [0.25, 0.3) is 0 Å². The highest BCUT2D eigenvalue weighted by Crippen LogP contribution is 2.24. The van der Waals surface area contributed by atoms with Crippen LogP contribution in [-0.2, 0) is 13.2 Å². The summed E-state index contributed by atoms with van der Waals surface area (Å²) in [7, 11) is 0. The summed E-state index contributed by atoms with van der Waals surface area (Å²) in [6.07, 6.45) is -1.68. The van der Waals surface area contributed by atoms with E-state index in [1.807, 2.05) is 0 Å². The van der Waals surface area contributed by atoms with Crippen LogP contribution in [0.15, 0.2) is 6.20 Å². The van der Waals surface area contributed by atoms with Crippen LogP contribution in [-0.4, -0.2) is 10.1 Å². The van der Waals surface area contributed by atoms with Crippen LogP contribution in [0.1, 0.15) is 28.8 Å². The van der Waals surface area contributed by atoms with Crippen LogP contribution in [0.3, 0.4) is 0 Å². The van der Waals surface area contributed by atoms with Crippen LogP contribution in [0.4, 0.5) is 8.78 Å². The van der Waals surface area contributed by atoms with E-state index >= 15 is 0 Å². The predicted molar refractivity (Wildman–Crippen MR) is 47.7 cm³/mol. The Morgan fingerprint density at radius 3 is 2.67 bits per heavy atom. The van der Waals surface area contributed by atoms with Gasteiger partial charge in [-0.2, -0.15) is 5.26 Å². The Hall–Kier alpha value is -1.58. The molecule has 0 saturated carbocycles. The minimum Gasteiger partial charge on any atom is -0.392 e. The highest BCUT2D eigenvalue weighted by atomic mass is 19.3. The first-order valence-corrected chi connectivity index (χ1v) is 4.15. The maximum Gasteiger partial charge on any atom is 0.280 e. The summed E-state index contributed by atoms with van der Waals surface area (Å²) in [4.78, 5) is 3.49. The summed E-state index contributed by atoms with van der Waals surface area (Å²) in [6.45, 7) is -0.629. The first-order chi connectivity index (χ1) is 7.15. The standard InChI is InChI=1S/C9H9F2N3O/c10-9(11)8-7(4-15)6(2-13)5(1-12)3-14-8/h3,9,15H,1,4,12H2. The molecule has 15 heavy (non-hydrogen) atoms. The molecule has 80 valence electrons. The Morgan fingerprint density at radius 1 is 1.60 bits per heavy atom. The number of nitrogens with zero attached hydrogens (tertiary/aromatic N) is 2. The van der Waals surface area contributed by atoms with Crippen molar-refractivity contribution in [3.63, 3.8) is 0 Å². The zero-order valence-electron chi connectivity index (χ0n) is 7.74. The zero-order chi connectivity index (χ0) is 11.4. The van der Waals surface area contributed by atoms with Crippen LogP contribution >= 0.6 is 0 Å². The molecule has 3 N–H and O–H groups in total. The molecule has 0 aliphatic carbocycles. The molecule has 1 aromatic heterocycles. The molecule has 0 amide bonds. The van der Waals surface area contributed by atoms with Gasteiger partial charge in [-0.05, 0) is 0 Å². The third-order valence-corrected chi connectivity index (χ3v) is 1.99. The Kier molecular flexibility index (Phi) is 3.66. The molecular formula is C9H9F2N3O. The summed E-state index contributed by atoms with van der Waals surface area (Å²) in [5, 5.41) is 17.7. The molecule has 4 nitrogen and oxygen atoms in total. The SMILES string of the molecule is N#Cc1c(CN)cnc(C(F)F)c1CO. The van der Waals surface area contributed by atoms with Gasteiger partial charge in [0.25, 0.3) is 6.43 Å². The Bertz CT molecular complexity index is 401. The van der Waals surface area contributed by atoms with Gasteiger partial charge in [-0.3, -0.25) is 4.98 Å². The van der Waals surface area contributed by atoms with Gasteiger partial charge in [-0.15, -0.1) is 0 Å². The van der Waals surface area contributed by atoms with E-state index < -0.39 is 18.7 Å². The maximum atomic E-state index is 12.5. The Balaban J connectivity index is 3.43. The molecule has 0 bridgehead atoms. The minimum atomic E-state index is -2.81. The van der Waals surface area contributed by atoms with Crippen molar-refractivity contribution in [2.75, 3.05) is 0 Å². The monoisotopic (exact) mass is 213 g/mol. The predicted octanol–water partition coefficient (Wildman–Crippen LogP) is 0.842. The van der Waals surface area contributed by atoms with Gasteiger partial charge in [0.05, 0.1) is 18.2 Å². The van der Waals surface area contributed by atoms with Gasteiger partial charge < -0.3 is 10.8 Å². The van der Waals surface area contributed by atoms with Crippen molar-refractivity contribution < 1.29 is 13.9 Å². The number of halogens is 2. The Morgan fingerprint density at radius 2 is 2.27 bits per heavy atom. The molecule has 0 unspecified atom stereocenters. The third-order valence-electron chi connectivity index (χ3n) is 1.99. The van der Waals surface area contributed by atoms with Crippen molar-refractivity contribution in [1.29, 1.82) is 5.26 Å². The number of hydrogen-bond acceptors (Lipinski definition) is 4. The maximum absolute atomic E-state index is 12.5. The minimum absolute atomic E-state index is 0.00898. The van der Waals surface area contributed by atoms with Crippen LogP contribution in [0.5, 0.6) is 0 Å². The van der Waals surface area contributed by atoms with Crippen molar-refractivity contribution in [2.24, 2.45) is 5.73 Å². The van der Waals surface area contributed by atoms with Crippen molar-refractivity contribution in [3.05, 3.63) is 28.6 Å². The lowest BCUT2D eigenvalue weighted by Gasteiger charge is -2.10. The number of rotatable bonds is 3. The number of pyridine rings is 1. The third kappa shape index (κ3) is 2.09. The van der Waals surface area contributed by atoms with E-state index in [1.54, 1.807) is 6.07 Å². The topological polar surface area (TPSA) is 82.9 Å². The van der Waals surface area contributed by atoms with Crippen LogP contribution < -0.4 is 5.73 Å². The molecule has 0 radical (unpaired) electrons. The van der Waals surface area contributed by atoms with Gasteiger partial charge >= 0.3 is 0 Å². The molecule has 6 heteroatoms. The van der Waals surface area contributed by atoms with Crippen molar-refractivity contribution >= 4 is 0 Å². The average molecular weight is 213 g/mol. The van der Waals surface area contributed by atoms with Gasteiger partial charge in [0.1, 0.15) is 5.69 Å². The number of aromatic nitrogens is 1. The summed E-state index contributed by atoms with van der Waals surface area (Å²) in [5.41, 5.74) is 4.95. The lowest BCUT2D eigenvalue weighted by Crippen LogP contribution is -2.08. The molecule has 0 saturated heterocycles. The molecule has 0 aliphatic rings. The molecule has 1 heterocycles. The summed E-state index contributed by atoms with van der Waals surface area (Å²) in [5.74, 6) is 0. The van der Waals surface area contributed by atoms with Gasteiger partial charge in [0.15, 0.2) is 0 Å². The van der Waals surface area contributed by atoms with E-state index in [0.717, 1.165) is 6.20 Å². The molecule has 0 aromatic carbocycles. The number of alkyl halides is 2. The average Bonchev–Trinajstić information content (AvgIpc) is 2.26. The molecule has 0 fully saturated rings. The largest absolute Gasteiger partial charge is 0.392 e. The summed E-state index contributed by atoms with van der Waals surface area (Å²) in [6, 6.07) is 1.75. The fourth-order valence-electron chi connectivity index (χ4n) is 1.25. The molecule has 1 rings (SSSR count). The molecular weight excluding hydrogens is 204 g/mol. The van der Waals surface area contributed by atoms with Gasteiger partial charge in [0, 0.05) is 23.9 Å². The van der Waals surface area contributed by atoms with E-state index in [9.17, 15) is 8.78 Å². The first-order valence-electron chi connectivity index (χ1n) is 4.15. The highest BCUT2D eigenvalue weighted by Gasteiger charge is 2.19. The Labute approximate surface area is 85.0 Å². The zero-order valence-corrected chi connectivity index (χ0v) is 7.74. The fourth-order valence-corrected chi connectivity index (χ4v) is 1.25. The fraction of sp³-hybridized carbons (Fsp3) is 0.333. The molecule has 0 atom stereocenters. The number of aliphatic hydroxyl groups is 1. The quantitative estimate of drug-likeness (QED) is 0.779. The molecule has 1 aromatic rings. The van der Waals surface area contributed by atoms with Gasteiger partial charge in [-0.1, -0.05) is 0 Å². The van der Waals surface area contributed by atoms with E-state index in [4.69, 9.17) is 16.1 Å². The van der Waals surface area contributed by atoms with E-state index in [0.29, 0.717) is 5.56 Å². The number of aliphatic hydroxyl groups excluding tert-OH is 1. The van der Waals surface area contributed by atoms with E-state index in [-0.39, 0.29) is 17.7 Å². The lowest BCUT2D eigenvalue weighted by molar-refractivity contribution is 0.141. The highest BCUT2D eigenvalue weighted by molar-refractivity contribution is 5.45. The molecule has 0 spiro atoms. The lowest BCUT2D eigenvalue weighted by atomic mass is 10.0. The second kappa shape index (κ2) is 4.77. The van der Waals surface area contributed by atoms with E-state index in [1.165, 1.54) is 0 Å². The second-order valence-corrected chi connectivity index (χ2v) is 2.80. The molecule has 0 aliphatic heterocycles. The number of nitriles is 1. The van der Waals surface area contributed by atoms with Gasteiger partial charge in [0.2, 0.25) is 0 Å². The first kappa shape index (κ1) is 11.5. The van der Waals surface area contributed by atoms with Gasteiger partial charge in [-0.25, -0.2) is 8.78 Å². The van der Waals surface area contributed by atoms with Crippen LogP contribution in [0, 0.1) is 11.3 Å². The summed E-state index contributed by atoms with van der Waals surface area (Å²) < 4.78 is 24.9. The van der Waals surface area contributed by atoms with E-state index in [2.05, 4.69) is 4.98 Å². The normalized spacial score (nSPS) is 10.4. The van der Waals surface area contributed by atoms with Crippen molar-refractivity contribution in [3.8, 4) is 6.07 Å². The van der Waals surface area contributed by atoms with Crippen molar-refractivity contribution in [2.45, 2.75) is 19.6 Å². The van der Waals surface area contributed by atoms with Crippen molar-refractivity contribution in [1.82, 2.24) is 4.98 Å². The van der Waals surface area contributed by atoms with Crippen LogP contribution in [0.2, 0.25) is 0 Å². The smallest absolute Gasteiger partial charge is 0.280 e. The number of nitrogens with two attached hydrogens (primary N) is 1. The summed E-state index contributed by atoms with van der Waals surface area (Å²) >= 11 is 0.